The van der Waals surface area contributed by atoms with Crippen molar-refractivity contribution in [3.8, 4) is 29.5 Å². The summed E-state index contributed by atoms with van der Waals surface area (Å²) in [6.45, 7) is 1.73. The zero-order valence-electron chi connectivity index (χ0n) is 13.6. The number of hydrogen-bond acceptors (Lipinski definition) is 5. The van der Waals surface area contributed by atoms with E-state index in [0.29, 0.717) is 11.3 Å². The number of ether oxygens (including phenoxy) is 1. The van der Waals surface area contributed by atoms with E-state index in [0.717, 1.165) is 10.7 Å². The largest absolute Gasteiger partial charge is 0.481 e. The van der Waals surface area contributed by atoms with Gasteiger partial charge in [0.1, 0.15) is 18.4 Å². The van der Waals surface area contributed by atoms with Crippen molar-refractivity contribution in [3.63, 3.8) is 0 Å². The van der Waals surface area contributed by atoms with E-state index in [4.69, 9.17) is 15.7 Å². The highest BCUT2D eigenvalue weighted by Crippen LogP contribution is 2.29. The Hall–Kier alpha value is -3.28. The van der Waals surface area contributed by atoms with Crippen molar-refractivity contribution in [2.45, 2.75) is 19.1 Å². The standard InChI is InChI=1S/C17H13F3N4O2/c1-3-9-25-13-6-4-5-12(10-13)15-21-16(26-23-15)11(2)24-8-7-14(22-24)17(18,19)20/h1,4-8,10-11H,9H2,2H3. The van der Waals surface area contributed by atoms with Crippen LogP contribution in [0.4, 0.5) is 13.2 Å². The Labute approximate surface area is 146 Å². The van der Waals surface area contributed by atoms with Gasteiger partial charge in [-0.05, 0) is 25.1 Å². The van der Waals surface area contributed by atoms with Gasteiger partial charge in [0.25, 0.3) is 5.89 Å². The molecule has 26 heavy (non-hydrogen) atoms. The molecule has 0 fully saturated rings. The van der Waals surface area contributed by atoms with Gasteiger partial charge in [-0.25, -0.2) is 0 Å². The molecule has 1 aromatic carbocycles. The van der Waals surface area contributed by atoms with Gasteiger partial charge in [-0.15, -0.1) is 6.42 Å². The van der Waals surface area contributed by atoms with Crippen molar-refractivity contribution in [3.05, 3.63) is 48.1 Å². The van der Waals surface area contributed by atoms with Crippen LogP contribution >= 0.6 is 0 Å². The third-order valence-corrected chi connectivity index (χ3v) is 3.51. The summed E-state index contributed by atoms with van der Waals surface area (Å²) in [6, 6.07) is 7.13. The molecule has 0 saturated carbocycles. The fourth-order valence-corrected chi connectivity index (χ4v) is 2.19. The second-order valence-electron chi connectivity index (χ2n) is 5.33. The minimum Gasteiger partial charge on any atom is -0.481 e. The van der Waals surface area contributed by atoms with Crippen LogP contribution < -0.4 is 4.74 Å². The Morgan fingerprint density at radius 2 is 2.15 bits per heavy atom. The smallest absolute Gasteiger partial charge is 0.435 e. The van der Waals surface area contributed by atoms with Crippen LogP contribution in [0.1, 0.15) is 24.6 Å². The van der Waals surface area contributed by atoms with Crippen LogP contribution in [0, 0.1) is 12.3 Å². The first-order valence-electron chi connectivity index (χ1n) is 7.51. The van der Waals surface area contributed by atoms with Crippen molar-refractivity contribution in [2.75, 3.05) is 6.61 Å². The fraction of sp³-hybridized carbons (Fsp3) is 0.235. The molecular formula is C17H13F3N4O2. The highest BCUT2D eigenvalue weighted by Gasteiger charge is 2.34. The number of rotatable bonds is 5. The summed E-state index contributed by atoms with van der Waals surface area (Å²) in [7, 11) is 0. The number of benzene rings is 1. The predicted molar refractivity (Wildman–Crippen MR) is 85.1 cm³/mol. The summed E-state index contributed by atoms with van der Waals surface area (Å²) in [5, 5.41) is 7.38. The van der Waals surface area contributed by atoms with Crippen LogP contribution in [0.25, 0.3) is 11.4 Å². The summed E-state index contributed by atoms with van der Waals surface area (Å²) in [5.74, 6) is 3.32. The van der Waals surface area contributed by atoms with E-state index in [1.54, 1.807) is 31.2 Å². The Morgan fingerprint density at radius 1 is 1.35 bits per heavy atom. The summed E-state index contributed by atoms with van der Waals surface area (Å²) in [6.07, 6.45) is 1.86. The van der Waals surface area contributed by atoms with Gasteiger partial charge in [0, 0.05) is 11.8 Å². The first kappa shape index (κ1) is 17.5. The van der Waals surface area contributed by atoms with Crippen molar-refractivity contribution >= 4 is 0 Å². The van der Waals surface area contributed by atoms with Gasteiger partial charge in [0.15, 0.2) is 5.69 Å². The molecule has 1 atom stereocenters. The molecular weight excluding hydrogens is 349 g/mol. The zero-order valence-corrected chi connectivity index (χ0v) is 13.6. The molecule has 0 saturated heterocycles. The Morgan fingerprint density at radius 3 is 2.85 bits per heavy atom. The van der Waals surface area contributed by atoms with E-state index in [1.165, 1.54) is 6.20 Å². The van der Waals surface area contributed by atoms with Gasteiger partial charge in [0.05, 0.1) is 0 Å². The third-order valence-electron chi connectivity index (χ3n) is 3.51. The fourth-order valence-electron chi connectivity index (χ4n) is 2.19. The number of halogens is 3. The molecule has 134 valence electrons. The topological polar surface area (TPSA) is 66.0 Å². The molecule has 0 spiro atoms. The molecule has 0 aliphatic rings. The van der Waals surface area contributed by atoms with E-state index >= 15 is 0 Å². The molecule has 3 rings (SSSR count). The van der Waals surface area contributed by atoms with Gasteiger partial charge in [-0.3, -0.25) is 4.68 Å². The summed E-state index contributed by atoms with van der Waals surface area (Å²) < 4.78 is 49.6. The van der Waals surface area contributed by atoms with Crippen LogP contribution in [0.2, 0.25) is 0 Å². The van der Waals surface area contributed by atoms with Crippen molar-refractivity contribution in [1.29, 1.82) is 0 Å². The van der Waals surface area contributed by atoms with Crippen molar-refractivity contribution in [2.24, 2.45) is 0 Å². The number of terminal acetylenes is 1. The predicted octanol–water partition coefficient (Wildman–Crippen LogP) is 3.57. The maximum Gasteiger partial charge on any atom is 0.435 e. The lowest BCUT2D eigenvalue weighted by molar-refractivity contribution is -0.141. The number of nitrogens with zero attached hydrogens (tertiary/aromatic N) is 4. The van der Waals surface area contributed by atoms with Gasteiger partial charge in [0.2, 0.25) is 5.82 Å². The zero-order chi connectivity index (χ0) is 18.7. The van der Waals surface area contributed by atoms with Crippen LogP contribution in [-0.2, 0) is 6.18 Å². The van der Waals surface area contributed by atoms with Gasteiger partial charge < -0.3 is 9.26 Å². The van der Waals surface area contributed by atoms with Crippen LogP contribution in [-0.4, -0.2) is 26.5 Å². The van der Waals surface area contributed by atoms with Gasteiger partial charge in [-0.2, -0.15) is 23.3 Å². The first-order chi connectivity index (χ1) is 12.4. The lowest BCUT2D eigenvalue weighted by atomic mass is 10.2. The molecule has 0 bridgehead atoms. The maximum atomic E-state index is 12.7. The molecule has 9 heteroatoms. The van der Waals surface area contributed by atoms with E-state index in [2.05, 4.69) is 21.2 Å². The molecule has 0 radical (unpaired) electrons. The number of aromatic nitrogens is 4. The van der Waals surface area contributed by atoms with Crippen LogP contribution in [0.15, 0.2) is 41.1 Å². The summed E-state index contributed by atoms with van der Waals surface area (Å²) in [4.78, 5) is 4.23. The normalized spacial score (nSPS) is 12.6. The quantitative estimate of drug-likeness (QED) is 0.649. The third kappa shape index (κ3) is 3.69. The van der Waals surface area contributed by atoms with E-state index in [9.17, 15) is 13.2 Å². The molecule has 2 heterocycles. The molecule has 0 amide bonds. The number of alkyl halides is 3. The average Bonchev–Trinajstić information content (AvgIpc) is 3.28. The Balaban J connectivity index is 1.81. The van der Waals surface area contributed by atoms with E-state index < -0.39 is 17.9 Å². The minimum absolute atomic E-state index is 0.124. The van der Waals surface area contributed by atoms with E-state index in [1.807, 2.05) is 0 Å². The van der Waals surface area contributed by atoms with Crippen molar-refractivity contribution in [1.82, 2.24) is 19.9 Å². The molecule has 6 nitrogen and oxygen atoms in total. The first-order valence-corrected chi connectivity index (χ1v) is 7.51. The lowest BCUT2D eigenvalue weighted by Gasteiger charge is -2.07. The number of hydrogen-bond donors (Lipinski definition) is 0. The molecule has 0 N–H and O–H groups in total. The Kier molecular flexibility index (Phi) is 4.67. The second-order valence-corrected chi connectivity index (χ2v) is 5.33. The van der Waals surface area contributed by atoms with E-state index in [-0.39, 0.29) is 18.3 Å². The van der Waals surface area contributed by atoms with Crippen molar-refractivity contribution < 1.29 is 22.4 Å². The minimum atomic E-state index is -4.51. The SMILES string of the molecule is C#CCOc1cccc(-c2noc(C(C)n3ccc(C(F)(F)F)n3)n2)c1. The molecule has 0 aliphatic carbocycles. The van der Waals surface area contributed by atoms with Crippen LogP contribution in [0.3, 0.4) is 0 Å². The molecule has 1 unspecified atom stereocenters. The van der Waals surface area contributed by atoms with Gasteiger partial charge in [-0.1, -0.05) is 23.2 Å². The lowest BCUT2D eigenvalue weighted by Crippen LogP contribution is -2.11. The molecule has 3 aromatic rings. The van der Waals surface area contributed by atoms with Crippen LogP contribution in [0.5, 0.6) is 5.75 Å². The molecule has 0 aliphatic heterocycles. The maximum absolute atomic E-state index is 12.7. The molecule has 2 aromatic heterocycles. The summed E-state index contributed by atoms with van der Waals surface area (Å²) >= 11 is 0. The Bertz CT molecular complexity index is 940. The monoisotopic (exact) mass is 362 g/mol. The average molecular weight is 362 g/mol. The summed E-state index contributed by atoms with van der Waals surface area (Å²) in [5.41, 5.74) is -0.361. The van der Waals surface area contributed by atoms with Gasteiger partial charge >= 0.3 is 6.18 Å². The highest BCUT2D eigenvalue weighted by atomic mass is 19.4. The second kappa shape index (κ2) is 6.92. The highest BCUT2D eigenvalue weighted by molar-refractivity contribution is 5.56.